The van der Waals surface area contributed by atoms with Crippen LogP contribution in [0.1, 0.15) is 0 Å². The number of hydrogen-bond donors (Lipinski definition) is 0. The van der Waals surface area contributed by atoms with Crippen LogP contribution in [0.25, 0.3) is 11.1 Å². The Morgan fingerprint density at radius 1 is 0.714 bits per heavy atom. The standard InChI is InChI=1S/C12H10BI/c13-11-5-1-9(2-6-11)10-3-7-12(14)8-4-10/h1-8H,13H2. The lowest BCUT2D eigenvalue weighted by atomic mass is 9.94. The molecule has 0 bridgehead atoms. The molecule has 0 aliphatic heterocycles. The third-order valence-corrected chi connectivity index (χ3v) is 2.95. The molecule has 0 aliphatic carbocycles. The molecule has 0 radical (unpaired) electrons. The smallest absolute Gasteiger partial charge is 0.0889 e. The van der Waals surface area contributed by atoms with E-state index >= 15 is 0 Å². The second-order valence-corrected chi connectivity index (χ2v) is 4.62. The van der Waals surface area contributed by atoms with Gasteiger partial charge in [0.1, 0.15) is 7.85 Å². The molecule has 0 fully saturated rings. The van der Waals surface area contributed by atoms with Gasteiger partial charge >= 0.3 is 0 Å². The van der Waals surface area contributed by atoms with Crippen LogP contribution >= 0.6 is 22.6 Å². The van der Waals surface area contributed by atoms with E-state index in [2.05, 4.69) is 79.0 Å². The van der Waals surface area contributed by atoms with Gasteiger partial charge in [0, 0.05) is 3.57 Å². The molecule has 14 heavy (non-hydrogen) atoms. The highest BCUT2D eigenvalue weighted by atomic mass is 127. The lowest BCUT2D eigenvalue weighted by Crippen LogP contribution is -1.99. The molecule has 2 aromatic carbocycles. The minimum atomic E-state index is 1.28. The minimum Gasteiger partial charge on any atom is -0.0889 e. The lowest BCUT2D eigenvalue weighted by Gasteiger charge is -2.02. The predicted molar refractivity (Wildman–Crippen MR) is 72.8 cm³/mol. The van der Waals surface area contributed by atoms with Crippen molar-refractivity contribution >= 4 is 35.9 Å². The van der Waals surface area contributed by atoms with Crippen molar-refractivity contribution < 1.29 is 0 Å². The summed E-state index contributed by atoms with van der Waals surface area (Å²) in [6, 6.07) is 17.2. The third-order valence-electron chi connectivity index (χ3n) is 2.23. The zero-order chi connectivity index (χ0) is 9.97. The Hall–Kier alpha value is -0.765. The summed E-state index contributed by atoms with van der Waals surface area (Å²) >= 11 is 2.32. The minimum absolute atomic E-state index is 1.28. The topological polar surface area (TPSA) is 0 Å². The van der Waals surface area contributed by atoms with Crippen molar-refractivity contribution in [2.24, 2.45) is 0 Å². The summed E-state index contributed by atoms with van der Waals surface area (Å²) in [4.78, 5) is 0. The highest BCUT2D eigenvalue weighted by Crippen LogP contribution is 2.19. The Morgan fingerprint density at radius 3 is 1.64 bits per heavy atom. The first-order valence-electron chi connectivity index (χ1n) is 4.58. The lowest BCUT2D eigenvalue weighted by molar-refractivity contribution is 1.60. The average molecular weight is 292 g/mol. The van der Waals surface area contributed by atoms with Crippen LogP contribution in [0.3, 0.4) is 0 Å². The zero-order valence-corrected chi connectivity index (χ0v) is 10.2. The second kappa shape index (κ2) is 4.17. The fourth-order valence-electron chi connectivity index (χ4n) is 1.39. The molecule has 0 unspecified atom stereocenters. The van der Waals surface area contributed by atoms with Crippen LogP contribution in [0.5, 0.6) is 0 Å². The van der Waals surface area contributed by atoms with Crippen molar-refractivity contribution in [3.05, 3.63) is 52.1 Å². The Morgan fingerprint density at radius 2 is 1.14 bits per heavy atom. The average Bonchev–Trinajstić information content (AvgIpc) is 2.21. The van der Waals surface area contributed by atoms with Gasteiger partial charge in [-0.3, -0.25) is 0 Å². The molecular weight excluding hydrogens is 282 g/mol. The summed E-state index contributed by atoms with van der Waals surface area (Å²) < 4.78 is 1.28. The molecule has 0 heterocycles. The van der Waals surface area contributed by atoms with Crippen LogP contribution in [0.4, 0.5) is 0 Å². The van der Waals surface area contributed by atoms with Gasteiger partial charge < -0.3 is 0 Å². The summed E-state index contributed by atoms with van der Waals surface area (Å²) in [5, 5.41) is 0. The van der Waals surface area contributed by atoms with E-state index in [9.17, 15) is 0 Å². The van der Waals surface area contributed by atoms with Gasteiger partial charge in [-0.25, -0.2) is 0 Å². The molecule has 0 atom stereocenters. The molecule has 0 saturated carbocycles. The largest absolute Gasteiger partial charge is 0.139 e. The van der Waals surface area contributed by atoms with E-state index in [0.717, 1.165) is 0 Å². The van der Waals surface area contributed by atoms with Crippen molar-refractivity contribution in [1.29, 1.82) is 0 Å². The normalized spacial score (nSPS) is 10.1. The van der Waals surface area contributed by atoms with Crippen molar-refractivity contribution in [1.82, 2.24) is 0 Å². The quantitative estimate of drug-likeness (QED) is 0.558. The van der Waals surface area contributed by atoms with Crippen molar-refractivity contribution in [2.75, 3.05) is 0 Å². The third kappa shape index (κ3) is 2.18. The fourth-order valence-corrected chi connectivity index (χ4v) is 1.75. The summed E-state index contributed by atoms with van der Waals surface area (Å²) in [5.74, 6) is 0. The molecule has 0 N–H and O–H groups in total. The van der Waals surface area contributed by atoms with Gasteiger partial charge in [-0.2, -0.15) is 0 Å². The van der Waals surface area contributed by atoms with Crippen molar-refractivity contribution in [3.8, 4) is 11.1 Å². The van der Waals surface area contributed by atoms with Gasteiger partial charge in [-0.05, 0) is 45.9 Å². The van der Waals surface area contributed by atoms with E-state index < -0.39 is 0 Å². The highest BCUT2D eigenvalue weighted by Gasteiger charge is 1.95. The van der Waals surface area contributed by atoms with E-state index in [1.807, 2.05) is 0 Å². The molecule has 0 saturated heterocycles. The number of halogens is 1. The Bertz CT molecular complexity index is 374. The first-order chi connectivity index (χ1) is 6.75. The van der Waals surface area contributed by atoms with E-state index in [-0.39, 0.29) is 0 Å². The summed E-state index contributed by atoms with van der Waals surface area (Å²) in [6.45, 7) is 0. The maximum absolute atomic E-state index is 2.32. The van der Waals surface area contributed by atoms with Crippen LogP contribution in [0.2, 0.25) is 0 Å². The predicted octanol–water partition coefficient (Wildman–Crippen LogP) is 2.22. The van der Waals surface area contributed by atoms with Gasteiger partial charge in [0.2, 0.25) is 0 Å². The second-order valence-electron chi connectivity index (χ2n) is 3.37. The summed E-state index contributed by atoms with van der Waals surface area (Å²) in [5.41, 5.74) is 3.87. The maximum Gasteiger partial charge on any atom is 0.139 e. The van der Waals surface area contributed by atoms with Crippen molar-refractivity contribution in [3.63, 3.8) is 0 Å². The van der Waals surface area contributed by atoms with E-state index in [1.165, 1.54) is 20.2 Å². The fraction of sp³-hybridized carbons (Fsp3) is 0. The van der Waals surface area contributed by atoms with Crippen LogP contribution in [-0.4, -0.2) is 7.85 Å². The monoisotopic (exact) mass is 292 g/mol. The van der Waals surface area contributed by atoms with Crippen LogP contribution < -0.4 is 5.46 Å². The summed E-state index contributed by atoms with van der Waals surface area (Å²) in [7, 11) is 2.11. The first kappa shape index (κ1) is 9.78. The number of rotatable bonds is 1. The van der Waals surface area contributed by atoms with Gasteiger partial charge in [-0.1, -0.05) is 41.9 Å². The number of hydrogen-bond acceptors (Lipinski definition) is 0. The van der Waals surface area contributed by atoms with Crippen LogP contribution in [0.15, 0.2) is 48.5 Å². The molecule has 0 aromatic heterocycles. The van der Waals surface area contributed by atoms with E-state index in [0.29, 0.717) is 0 Å². The zero-order valence-electron chi connectivity index (χ0n) is 8.00. The van der Waals surface area contributed by atoms with Crippen LogP contribution in [-0.2, 0) is 0 Å². The highest BCUT2D eigenvalue weighted by molar-refractivity contribution is 14.1. The molecule has 0 spiro atoms. The molecule has 0 amide bonds. The van der Waals surface area contributed by atoms with E-state index in [1.54, 1.807) is 0 Å². The Labute approximate surface area is 98.9 Å². The maximum atomic E-state index is 2.32. The Kier molecular flexibility index (Phi) is 2.92. The van der Waals surface area contributed by atoms with Gasteiger partial charge in [0.05, 0.1) is 0 Å². The van der Waals surface area contributed by atoms with E-state index in [4.69, 9.17) is 0 Å². The van der Waals surface area contributed by atoms with Gasteiger partial charge in [-0.15, -0.1) is 0 Å². The van der Waals surface area contributed by atoms with Gasteiger partial charge in [0.25, 0.3) is 0 Å². The molecule has 2 rings (SSSR count). The SMILES string of the molecule is Bc1ccc(-c2ccc(I)cc2)cc1. The molecule has 2 heteroatoms. The van der Waals surface area contributed by atoms with Crippen molar-refractivity contribution in [2.45, 2.75) is 0 Å². The first-order valence-corrected chi connectivity index (χ1v) is 5.66. The molecule has 0 aliphatic rings. The van der Waals surface area contributed by atoms with Crippen LogP contribution in [0, 0.1) is 3.57 Å². The molecular formula is C12H10BI. The molecule has 0 nitrogen and oxygen atoms in total. The summed E-state index contributed by atoms with van der Waals surface area (Å²) in [6.07, 6.45) is 0. The molecule has 2 aromatic rings. The van der Waals surface area contributed by atoms with Gasteiger partial charge in [0.15, 0.2) is 0 Å². The number of benzene rings is 2. The Balaban J connectivity index is 2.40. The molecule has 68 valence electrons.